The molecule has 5 heteroatoms. The lowest BCUT2D eigenvalue weighted by atomic mass is 10.1. The molecule has 0 radical (unpaired) electrons. The van der Waals surface area contributed by atoms with Crippen molar-refractivity contribution in [1.29, 1.82) is 0 Å². The minimum Gasteiger partial charge on any atom is -0.356 e. The van der Waals surface area contributed by atoms with Gasteiger partial charge >= 0.3 is 0 Å². The van der Waals surface area contributed by atoms with Crippen LogP contribution in [0, 0.1) is 11.7 Å². The summed E-state index contributed by atoms with van der Waals surface area (Å²) in [5, 5.41) is 4.10. The molecular formula is C21H21FN2O2. The van der Waals surface area contributed by atoms with Gasteiger partial charge in [-0.3, -0.25) is 4.79 Å². The van der Waals surface area contributed by atoms with Crippen LogP contribution in [0.3, 0.4) is 0 Å². The third-order valence-corrected chi connectivity index (χ3v) is 4.06. The quantitative estimate of drug-likeness (QED) is 0.648. The van der Waals surface area contributed by atoms with Gasteiger partial charge in [-0.1, -0.05) is 61.5 Å². The summed E-state index contributed by atoms with van der Waals surface area (Å²) < 4.78 is 18.5. The molecule has 0 aliphatic heterocycles. The van der Waals surface area contributed by atoms with Gasteiger partial charge in [0.2, 0.25) is 5.91 Å². The molecule has 0 saturated heterocycles. The zero-order valence-electron chi connectivity index (χ0n) is 14.9. The largest absolute Gasteiger partial charge is 0.356 e. The minimum atomic E-state index is -0.292. The fourth-order valence-corrected chi connectivity index (χ4v) is 2.71. The monoisotopic (exact) mass is 352 g/mol. The van der Waals surface area contributed by atoms with Gasteiger partial charge < -0.3 is 9.42 Å². The summed E-state index contributed by atoms with van der Waals surface area (Å²) in [6.07, 6.45) is 0. The van der Waals surface area contributed by atoms with Crippen LogP contribution in [0.2, 0.25) is 0 Å². The SMILES string of the molecule is CC(C)C(=O)N(Cc1ccc(F)cc1)Cc1cc(-c2ccccc2)on1. The number of hydrogen-bond acceptors (Lipinski definition) is 3. The molecule has 1 amide bonds. The van der Waals surface area contributed by atoms with Gasteiger partial charge in [-0.05, 0) is 17.7 Å². The smallest absolute Gasteiger partial charge is 0.225 e. The van der Waals surface area contributed by atoms with Gasteiger partial charge in [0.25, 0.3) is 0 Å². The van der Waals surface area contributed by atoms with Crippen molar-refractivity contribution < 1.29 is 13.7 Å². The summed E-state index contributed by atoms with van der Waals surface area (Å²) in [7, 11) is 0. The van der Waals surface area contributed by atoms with Crippen molar-refractivity contribution in [2.24, 2.45) is 5.92 Å². The Hall–Kier alpha value is -2.95. The van der Waals surface area contributed by atoms with E-state index in [9.17, 15) is 9.18 Å². The predicted molar refractivity (Wildman–Crippen MR) is 97.4 cm³/mol. The number of carbonyl (C=O) groups excluding carboxylic acids is 1. The first-order valence-electron chi connectivity index (χ1n) is 8.57. The number of rotatable bonds is 6. The summed E-state index contributed by atoms with van der Waals surface area (Å²) in [6.45, 7) is 4.45. The summed E-state index contributed by atoms with van der Waals surface area (Å²) in [5.74, 6) is 0.244. The average Bonchev–Trinajstić information content (AvgIpc) is 3.11. The molecule has 0 bridgehead atoms. The average molecular weight is 352 g/mol. The van der Waals surface area contributed by atoms with Crippen molar-refractivity contribution in [3.8, 4) is 11.3 Å². The van der Waals surface area contributed by atoms with E-state index in [1.807, 2.05) is 50.2 Å². The zero-order valence-corrected chi connectivity index (χ0v) is 14.9. The lowest BCUT2D eigenvalue weighted by Crippen LogP contribution is -2.33. The van der Waals surface area contributed by atoms with Gasteiger partial charge in [0, 0.05) is 24.1 Å². The molecule has 26 heavy (non-hydrogen) atoms. The maximum Gasteiger partial charge on any atom is 0.225 e. The molecule has 4 nitrogen and oxygen atoms in total. The van der Waals surface area contributed by atoms with E-state index >= 15 is 0 Å². The van der Waals surface area contributed by atoms with Crippen LogP contribution in [0.4, 0.5) is 4.39 Å². The van der Waals surface area contributed by atoms with Crippen LogP contribution >= 0.6 is 0 Å². The Bertz CT molecular complexity index is 857. The van der Waals surface area contributed by atoms with Gasteiger partial charge in [0.15, 0.2) is 5.76 Å². The number of nitrogens with zero attached hydrogens (tertiary/aromatic N) is 2. The molecule has 3 rings (SSSR count). The number of halogens is 1. The highest BCUT2D eigenvalue weighted by Gasteiger charge is 2.20. The van der Waals surface area contributed by atoms with Crippen molar-refractivity contribution >= 4 is 5.91 Å². The van der Waals surface area contributed by atoms with E-state index in [-0.39, 0.29) is 17.6 Å². The second kappa shape index (κ2) is 7.95. The third kappa shape index (κ3) is 4.36. The van der Waals surface area contributed by atoms with Crippen LogP contribution in [0.1, 0.15) is 25.1 Å². The Morgan fingerprint density at radius 2 is 1.77 bits per heavy atom. The fraction of sp³-hybridized carbons (Fsp3) is 0.238. The van der Waals surface area contributed by atoms with E-state index < -0.39 is 0 Å². The maximum atomic E-state index is 13.1. The maximum absolute atomic E-state index is 13.1. The van der Waals surface area contributed by atoms with E-state index in [0.717, 1.165) is 11.1 Å². The van der Waals surface area contributed by atoms with Crippen LogP contribution in [0.25, 0.3) is 11.3 Å². The highest BCUT2D eigenvalue weighted by Crippen LogP contribution is 2.21. The highest BCUT2D eigenvalue weighted by molar-refractivity contribution is 5.78. The van der Waals surface area contributed by atoms with Gasteiger partial charge in [-0.2, -0.15) is 0 Å². The normalized spacial score (nSPS) is 10.9. The van der Waals surface area contributed by atoms with Crippen molar-refractivity contribution in [3.05, 3.63) is 77.7 Å². The molecule has 1 heterocycles. The fourth-order valence-electron chi connectivity index (χ4n) is 2.71. The van der Waals surface area contributed by atoms with Gasteiger partial charge in [-0.25, -0.2) is 4.39 Å². The molecule has 0 N–H and O–H groups in total. The summed E-state index contributed by atoms with van der Waals surface area (Å²) >= 11 is 0. The molecule has 0 aliphatic rings. The van der Waals surface area contributed by atoms with Crippen molar-refractivity contribution in [3.63, 3.8) is 0 Å². The lowest BCUT2D eigenvalue weighted by Gasteiger charge is -2.23. The van der Waals surface area contributed by atoms with E-state index in [1.165, 1.54) is 12.1 Å². The van der Waals surface area contributed by atoms with Crippen molar-refractivity contribution in [1.82, 2.24) is 10.1 Å². The van der Waals surface area contributed by atoms with Crippen molar-refractivity contribution in [2.75, 3.05) is 0 Å². The Labute approximate surface area is 152 Å². The summed E-state index contributed by atoms with van der Waals surface area (Å²) in [6, 6.07) is 17.7. The predicted octanol–water partition coefficient (Wildman–Crippen LogP) is 4.67. The Morgan fingerprint density at radius 3 is 2.42 bits per heavy atom. The first kappa shape index (κ1) is 17.9. The summed E-state index contributed by atoms with van der Waals surface area (Å²) in [4.78, 5) is 14.3. The van der Waals surface area contributed by atoms with Crippen LogP contribution in [-0.2, 0) is 17.9 Å². The topological polar surface area (TPSA) is 46.3 Å². The second-order valence-electron chi connectivity index (χ2n) is 6.52. The molecule has 0 saturated carbocycles. The summed E-state index contributed by atoms with van der Waals surface area (Å²) in [5.41, 5.74) is 2.48. The number of hydrogen-bond donors (Lipinski definition) is 0. The Morgan fingerprint density at radius 1 is 1.08 bits per heavy atom. The van der Waals surface area contributed by atoms with Crippen LogP contribution in [0.5, 0.6) is 0 Å². The minimum absolute atomic E-state index is 0.0126. The molecule has 0 spiro atoms. The van der Waals surface area contributed by atoms with Gasteiger partial charge in [0.1, 0.15) is 11.5 Å². The molecule has 0 aliphatic carbocycles. The first-order chi connectivity index (χ1) is 12.5. The van der Waals surface area contributed by atoms with Crippen LogP contribution in [-0.4, -0.2) is 16.0 Å². The molecule has 3 aromatic rings. The molecule has 134 valence electrons. The molecule has 0 atom stereocenters. The standard InChI is InChI=1S/C21H21FN2O2/c1-15(2)21(25)24(13-16-8-10-18(22)11-9-16)14-19-12-20(26-23-19)17-6-4-3-5-7-17/h3-12,15H,13-14H2,1-2H3. The van der Waals surface area contributed by atoms with Crippen molar-refractivity contribution in [2.45, 2.75) is 26.9 Å². The van der Waals surface area contributed by atoms with E-state index in [1.54, 1.807) is 17.0 Å². The lowest BCUT2D eigenvalue weighted by molar-refractivity contribution is -0.135. The number of amides is 1. The number of aromatic nitrogens is 1. The zero-order chi connectivity index (χ0) is 18.5. The molecule has 2 aromatic carbocycles. The number of benzene rings is 2. The molecule has 1 aromatic heterocycles. The van der Waals surface area contributed by atoms with Crippen LogP contribution < -0.4 is 0 Å². The Balaban J connectivity index is 1.78. The molecular weight excluding hydrogens is 331 g/mol. The van der Waals surface area contributed by atoms with E-state index in [0.29, 0.717) is 24.5 Å². The first-order valence-corrected chi connectivity index (χ1v) is 8.57. The van der Waals surface area contributed by atoms with Gasteiger partial charge in [0.05, 0.1) is 6.54 Å². The number of carbonyl (C=O) groups is 1. The van der Waals surface area contributed by atoms with Gasteiger partial charge in [-0.15, -0.1) is 0 Å². The Kier molecular flexibility index (Phi) is 5.46. The third-order valence-electron chi connectivity index (χ3n) is 4.06. The van der Waals surface area contributed by atoms with E-state index in [4.69, 9.17) is 4.52 Å². The molecule has 0 unspecified atom stereocenters. The molecule has 0 fully saturated rings. The van der Waals surface area contributed by atoms with Crippen LogP contribution in [0.15, 0.2) is 65.2 Å². The second-order valence-corrected chi connectivity index (χ2v) is 6.52. The van der Waals surface area contributed by atoms with E-state index in [2.05, 4.69) is 5.16 Å². The highest BCUT2D eigenvalue weighted by atomic mass is 19.1.